The van der Waals surface area contributed by atoms with Crippen molar-refractivity contribution >= 4 is 23.9 Å². The van der Waals surface area contributed by atoms with Crippen molar-refractivity contribution in [1.82, 2.24) is 0 Å². The number of rotatable bonds is 47. The second-order valence-corrected chi connectivity index (χ2v) is 19.2. The van der Waals surface area contributed by atoms with E-state index >= 15 is 0 Å². The lowest BCUT2D eigenvalue weighted by Gasteiger charge is -2.40. The summed E-state index contributed by atoms with van der Waals surface area (Å²) in [5.41, 5.74) is 0. The molecule has 6 atom stereocenters. The molecule has 0 bridgehead atoms. The van der Waals surface area contributed by atoms with E-state index in [0.29, 0.717) is 25.7 Å². The van der Waals surface area contributed by atoms with Crippen molar-refractivity contribution in [1.29, 1.82) is 0 Å². The molecule has 0 radical (unpaired) electrons. The van der Waals surface area contributed by atoms with E-state index in [1.54, 1.807) is 0 Å². The van der Waals surface area contributed by atoms with Gasteiger partial charge in [0, 0.05) is 19.3 Å². The van der Waals surface area contributed by atoms with Crippen LogP contribution in [0.5, 0.6) is 0 Å². The second kappa shape index (κ2) is 50.2. The van der Waals surface area contributed by atoms with Crippen molar-refractivity contribution in [3.05, 3.63) is 109 Å². The molecule has 0 spiro atoms. The van der Waals surface area contributed by atoms with Gasteiger partial charge in [-0.1, -0.05) is 207 Å². The number of carboxylic acid groups (broad SMARTS) is 1. The first-order chi connectivity index (χ1) is 36.6. The maximum Gasteiger partial charge on any atom is 0.335 e. The Labute approximate surface area is 453 Å². The molecule has 3 N–H and O–H groups in total. The van der Waals surface area contributed by atoms with Crippen molar-refractivity contribution in [3.63, 3.8) is 0 Å². The molecule has 0 aliphatic carbocycles. The van der Waals surface area contributed by atoms with Gasteiger partial charge in [-0.05, 0) is 96.3 Å². The van der Waals surface area contributed by atoms with Crippen molar-refractivity contribution in [2.75, 3.05) is 13.2 Å². The van der Waals surface area contributed by atoms with E-state index in [0.717, 1.165) is 109 Å². The summed E-state index contributed by atoms with van der Waals surface area (Å²) in [5, 5.41) is 31.4. The van der Waals surface area contributed by atoms with Gasteiger partial charge in [0.25, 0.3) is 0 Å². The van der Waals surface area contributed by atoms with Crippen molar-refractivity contribution in [2.45, 2.75) is 250 Å². The number of allylic oxidation sites excluding steroid dienone is 18. The fraction of sp³-hybridized carbons (Fsp3) is 0.651. The minimum absolute atomic E-state index is 0.0487. The molecule has 6 unspecified atom stereocenters. The third-order valence-electron chi connectivity index (χ3n) is 12.3. The van der Waals surface area contributed by atoms with Gasteiger partial charge in [0.1, 0.15) is 18.8 Å². The molecule has 1 aliphatic rings. The van der Waals surface area contributed by atoms with Gasteiger partial charge in [0.2, 0.25) is 0 Å². The predicted molar refractivity (Wildman–Crippen MR) is 303 cm³/mol. The molecule has 1 aliphatic heterocycles. The van der Waals surface area contributed by atoms with Gasteiger partial charge in [-0.3, -0.25) is 14.4 Å². The largest absolute Gasteiger partial charge is 0.479 e. The Morgan fingerprint density at radius 1 is 0.453 bits per heavy atom. The van der Waals surface area contributed by atoms with Crippen molar-refractivity contribution in [3.8, 4) is 0 Å². The third-order valence-corrected chi connectivity index (χ3v) is 12.3. The number of aliphatic hydroxyl groups excluding tert-OH is 2. The van der Waals surface area contributed by atoms with Gasteiger partial charge in [-0.15, -0.1) is 0 Å². The van der Waals surface area contributed by atoms with E-state index < -0.39 is 67.3 Å². The highest BCUT2D eigenvalue weighted by atomic mass is 16.7. The Kier molecular flexibility index (Phi) is 45.8. The molecule has 1 rings (SSSR count). The van der Waals surface area contributed by atoms with Crippen molar-refractivity contribution < 1.29 is 58.2 Å². The maximum atomic E-state index is 13.1. The molecule has 0 aromatic carbocycles. The summed E-state index contributed by atoms with van der Waals surface area (Å²) in [5.74, 6) is -3.24. The van der Waals surface area contributed by atoms with Gasteiger partial charge in [0.15, 0.2) is 24.6 Å². The lowest BCUT2D eigenvalue weighted by atomic mass is 9.98. The van der Waals surface area contributed by atoms with Crippen LogP contribution in [0, 0.1) is 0 Å². The highest BCUT2D eigenvalue weighted by molar-refractivity contribution is 5.74. The van der Waals surface area contributed by atoms with E-state index in [-0.39, 0.29) is 25.9 Å². The summed E-state index contributed by atoms with van der Waals surface area (Å²) < 4.78 is 28.3. The minimum atomic E-state index is -1.92. The van der Waals surface area contributed by atoms with Gasteiger partial charge in [-0.2, -0.15) is 0 Å². The van der Waals surface area contributed by atoms with Gasteiger partial charge >= 0.3 is 23.9 Å². The predicted octanol–water partition coefficient (Wildman–Crippen LogP) is 14.7. The number of esters is 3. The fourth-order valence-electron chi connectivity index (χ4n) is 7.98. The molecule has 0 aromatic rings. The van der Waals surface area contributed by atoms with Crippen LogP contribution < -0.4 is 0 Å². The number of hydrogen-bond acceptors (Lipinski definition) is 11. The highest BCUT2D eigenvalue weighted by Gasteiger charge is 2.50. The number of carbonyl (C=O) groups is 4. The number of unbranched alkanes of at least 4 members (excludes halogenated alkanes) is 15. The van der Waals surface area contributed by atoms with E-state index in [2.05, 4.69) is 124 Å². The quantitative estimate of drug-likeness (QED) is 0.0228. The van der Waals surface area contributed by atoms with Crippen molar-refractivity contribution in [2.24, 2.45) is 0 Å². The average molecular weight is 1050 g/mol. The number of aliphatic hydroxyl groups is 2. The van der Waals surface area contributed by atoms with Crippen LogP contribution in [0.1, 0.15) is 213 Å². The van der Waals surface area contributed by atoms with E-state index in [1.807, 2.05) is 6.08 Å². The molecule has 0 amide bonds. The lowest BCUT2D eigenvalue weighted by molar-refractivity contribution is -0.301. The molecule has 424 valence electrons. The minimum Gasteiger partial charge on any atom is -0.479 e. The first-order valence-electron chi connectivity index (χ1n) is 28.9. The molecule has 0 saturated carbocycles. The standard InChI is InChI=1S/C63H100O12/c1-4-7-10-13-16-19-22-24-26-28-30-32-35-37-40-43-46-49-55(64)71-52-54(73-56(65)50-47-44-41-39-36-33-31-29-27-25-23-20-17-14-11-8-5-2)53-72-63-61(59(68)58(67)60(75-63)62(69)70)74-57(66)51-48-45-42-38-34-21-18-15-12-9-6-3/h7-8,10-11,16-17,19-20,24-27,30-33,37,40,54,58-61,63,67-68H,4-6,9,12-15,18,21-23,28-29,34-36,38-39,41-53H2,1-3H3,(H,69,70)/b10-7-,11-8-,19-16-,20-17-,26-24-,27-25-,32-30-,33-31-,40-37-. The van der Waals surface area contributed by atoms with Gasteiger partial charge < -0.3 is 39.0 Å². The normalized spacial score (nSPS) is 19.0. The zero-order chi connectivity index (χ0) is 54.7. The molecule has 12 nitrogen and oxygen atoms in total. The van der Waals surface area contributed by atoms with Gasteiger partial charge in [-0.25, -0.2) is 4.79 Å². The lowest BCUT2D eigenvalue weighted by Crippen LogP contribution is -2.61. The van der Waals surface area contributed by atoms with Gasteiger partial charge in [0.05, 0.1) is 6.61 Å². The Morgan fingerprint density at radius 3 is 1.32 bits per heavy atom. The van der Waals surface area contributed by atoms with Crippen LogP contribution in [0.15, 0.2) is 109 Å². The number of carbonyl (C=O) groups excluding carboxylic acids is 3. The number of aliphatic carboxylic acids is 1. The maximum absolute atomic E-state index is 13.1. The zero-order valence-corrected chi connectivity index (χ0v) is 46.5. The third kappa shape index (κ3) is 40.3. The first kappa shape index (κ1) is 68.4. The smallest absolute Gasteiger partial charge is 0.335 e. The van der Waals surface area contributed by atoms with Crippen LogP contribution >= 0.6 is 0 Å². The summed E-state index contributed by atoms with van der Waals surface area (Å²) in [6.07, 6.45) is 55.0. The summed E-state index contributed by atoms with van der Waals surface area (Å²) >= 11 is 0. The van der Waals surface area contributed by atoms with E-state index in [9.17, 15) is 34.5 Å². The molecular formula is C63H100O12. The molecule has 1 saturated heterocycles. The monoisotopic (exact) mass is 1050 g/mol. The Morgan fingerprint density at radius 2 is 0.853 bits per heavy atom. The van der Waals surface area contributed by atoms with E-state index in [1.165, 1.54) is 38.5 Å². The van der Waals surface area contributed by atoms with Crippen LogP contribution in [0.2, 0.25) is 0 Å². The molecular weight excluding hydrogens is 949 g/mol. The highest BCUT2D eigenvalue weighted by Crippen LogP contribution is 2.26. The van der Waals surface area contributed by atoms with Crippen LogP contribution in [0.4, 0.5) is 0 Å². The average Bonchev–Trinajstić information content (AvgIpc) is 3.39. The first-order valence-corrected chi connectivity index (χ1v) is 28.9. The Balaban J connectivity index is 2.76. The summed E-state index contributed by atoms with van der Waals surface area (Å²) in [6.45, 7) is 5.67. The molecule has 1 fully saturated rings. The SMILES string of the molecule is CC/C=C\C/C=C\C/C=C\C/C=C\C/C=C\CCCC(=O)OCC(COC1OC(C(=O)O)C(O)C(O)C1OC(=O)CCCCCCCCCCCCC)OC(=O)CCCCCC/C=C\C/C=C\C/C=C\C/C=C\CC. The van der Waals surface area contributed by atoms with Crippen LogP contribution in [0.3, 0.4) is 0 Å². The molecule has 0 aromatic heterocycles. The van der Waals surface area contributed by atoms with Crippen LogP contribution in [-0.4, -0.2) is 89.2 Å². The zero-order valence-electron chi connectivity index (χ0n) is 46.5. The Bertz CT molecular complexity index is 1720. The van der Waals surface area contributed by atoms with E-state index in [4.69, 9.17) is 23.7 Å². The van der Waals surface area contributed by atoms with Crippen LogP contribution in [0.25, 0.3) is 0 Å². The molecule has 75 heavy (non-hydrogen) atoms. The fourth-order valence-corrected chi connectivity index (χ4v) is 7.98. The number of ether oxygens (including phenoxy) is 5. The second-order valence-electron chi connectivity index (χ2n) is 19.2. The number of hydrogen-bond donors (Lipinski definition) is 3. The Hall–Kier alpha value is -4.62. The topological polar surface area (TPSA) is 175 Å². The molecule has 1 heterocycles. The molecule has 12 heteroatoms. The van der Waals surface area contributed by atoms with Crippen LogP contribution in [-0.2, 0) is 42.9 Å². The summed E-state index contributed by atoms with van der Waals surface area (Å²) in [4.78, 5) is 51.0. The number of carboxylic acids is 1. The summed E-state index contributed by atoms with van der Waals surface area (Å²) in [6, 6.07) is 0. The summed E-state index contributed by atoms with van der Waals surface area (Å²) in [7, 11) is 0.